The van der Waals surface area contributed by atoms with Crippen molar-refractivity contribution in [1.29, 1.82) is 0 Å². The molecule has 4 rings (SSSR count). The molecule has 144 valence electrons. The number of nitrogens with one attached hydrogen (secondary N) is 1. The van der Waals surface area contributed by atoms with Crippen molar-refractivity contribution in [1.82, 2.24) is 15.2 Å². The second kappa shape index (κ2) is 8.10. The standard InChI is InChI=1S/C22H24N4OS/c1-15-19(16(2)26(25-15)14-17-8-4-3-5-9-17)13-23-24-22(27)21-12-18-10-6-7-11-20(18)28-21/h3-5,8-9,12-13H,6-7,10-11,14H2,1-2H3,(H,24,27)/b23-13-. The molecule has 0 radical (unpaired) electrons. The highest BCUT2D eigenvalue weighted by Gasteiger charge is 2.17. The van der Waals surface area contributed by atoms with E-state index in [1.54, 1.807) is 17.6 Å². The van der Waals surface area contributed by atoms with Crippen LogP contribution in [-0.2, 0) is 19.4 Å². The van der Waals surface area contributed by atoms with E-state index in [4.69, 9.17) is 0 Å². The molecular weight excluding hydrogens is 368 g/mol. The molecule has 28 heavy (non-hydrogen) atoms. The lowest BCUT2D eigenvalue weighted by Gasteiger charge is -2.08. The van der Waals surface area contributed by atoms with E-state index < -0.39 is 0 Å². The summed E-state index contributed by atoms with van der Waals surface area (Å²) in [6, 6.07) is 12.3. The Labute approximate surface area is 169 Å². The van der Waals surface area contributed by atoms with Crippen LogP contribution in [0.25, 0.3) is 0 Å². The van der Waals surface area contributed by atoms with Gasteiger partial charge in [0.1, 0.15) is 0 Å². The van der Waals surface area contributed by atoms with Gasteiger partial charge >= 0.3 is 0 Å². The molecule has 0 bridgehead atoms. The molecule has 0 fully saturated rings. The zero-order valence-electron chi connectivity index (χ0n) is 16.2. The van der Waals surface area contributed by atoms with Crippen LogP contribution in [-0.4, -0.2) is 21.9 Å². The number of fused-ring (bicyclic) bond motifs is 1. The van der Waals surface area contributed by atoms with Crippen LogP contribution in [0.5, 0.6) is 0 Å². The van der Waals surface area contributed by atoms with E-state index in [1.165, 1.54) is 28.8 Å². The molecule has 2 heterocycles. The number of hydrazone groups is 1. The summed E-state index contributed by atoms with van der Waals surface area (Å²) >= 11 is 1.60. The predicted molar refractivity (Wildman–Crippen MR) is 113 cm³/mol. The van der Waals surface area contributed by atoms with Crippen LogP contribution in [0.1, 0.15) is 55.5 Å². The SMILES string of the molecule is Cc1nn(Cc2ccccc2)c(C)c1/C=N\NC(=O)c1cc2c(s1)CCCC2. The number of carbonyl (C=O) groups is 1. The van der Waals surface area contributed by atoms with Crippen molar-refractivity contribution in [2.75, 3.05) is 0 Å². The summed E-state index contributed by atoms with van der Waals surface area (Å²) in [5, 5.41) is 8.82. The molecule has 1 aliphatic rings. The Morgan fingerprint density at radius 3 is 2.82 bits per heavy atom. The van der Waals surface area contributed by atoms with Gasteiger partial charge in [-0.2, -0.15) is 10.2 Å². The fourth-order valence-corrected chi connectivity index (χ4v) is 4.76. The van der Waals surface area contributed by atoms with Crippen molar-refractivity contribution in [2.24, 2.45) is 5.10 Å². The van der Waals surface area contributed by atoms with Gasteiger partial charge in [0.2, 0.25) is 0 Å². The second-order valence-corrected chi connectivity index (χ2v) is 8.33. The van der Waals surface area contributed by atoms with Gasteiger partial charge in [0, 0.05) is 16.1 Å². The van der Waals surface area contributed by atoms with E-state index in [1.807, 2.05) is 42.8 Å². The molecule has 1 aromatic carbocycles. The third-order valence-corrected chi connectivity index (χ3v) is 6.43. The summed E-state index contributed by atoms with van der Waals surface area (Å²) < 4.78 is 1.97. The molecule has 1 amide bonds. The van der Waals surface area contributed by atoms with Crippen LogP contribution in [0.2, 0.25) is 0 Å². The summed E-state index contributed by atoms with van der Waals surface area (Å²) in [7, 11) is 0. The van der Waals surface area contributed by atoms with Crippen LogP contribution in [0.3, 0.4) is 0 Å². The summed E-state index contributed by atoms with van der Waals surface area (Å²) in [4.78, 5) is 14.5. The maximum Gasteiger partial charge on any atom is 0.281 e. The van der Waals surface area contributed by atoms with Crippen molar-refractivity contribution in [3.63, 3.8) is 0 Å². The van der Waals surface area contributed by atoms with E-state index in [0.29, 0.717) is 6.54 Å². The summed E-state index contributed by atoms with van der Waals surface area (Å²) in [6.07, 6.45) is 6.31. The number of thiophene rings is 1. The molecule has 0 spiro atoms. The Kier molecular flexibility index (Phi) is 5.39. The number of rotatable bonds is 5. The van der Waals surface area contributed by atoms with Gasteiger partial charge in [0.05, 0.1) is 23.3 Å². The van der Waals surface area contributed by atoms with Gasteiger partial charge in [0.15, 0.2) is 0 Å². The minimum Gasteiger partial charge on any atom is -0.266 e. The first-order valence-electron chi connectivity index (χ1n) is 9.64. The van der Waals surface area contributed by atoms with Gasteiger partial charge in [-0.05, 0) is 56.7 Å². The quantitative estimate of drug-likeness (QED) is 0.521. The molecule has 1 N–H and O–H groups in total. The average molecular weight is 393 g/mol. The summed E-state index contributed by atoms with van der Waals surface area (Å²) in [5.74, 6) is -0.136. The molecule has 1 aliphatic carbocycles. The van der Waals surface area contributed by atoms with E-state index in [2.05, 4.69) is 27.8 Å². The third kappa shape index (κ3) is 3.92. The zero-order chi connectivity index (χ0) is 19.5. The highest BCUT2D eigenvalue weighted by molar-refractivity contribution is 7.14. The lowest BCUT2D eigenvalue weighted by atomic mass is 9.99. The monoisotopic (exact) mass is 392 g/mol. The third-order valence-electron chi connectivity index (χ3n) is 5.19. The molecule has 6 heteroatoms. The number of carbonyl (C=O) groups excluding carboxylic acids is 1. The minimum absolute atomic E-state index is 0.136. The number of hydrogen-bond donors (Lipinski definition) is 1. The maximum atomic E-state index is 12.4. The molecule has 0 atom stereocenters. The van der Waals surface area contributed by atoms with Gasteiger partial charge in [-0.1, -0.05) is 30.3 Å². The van der Waals surface area contributed by atoms with E-state index in [9.17, 15) is 4.79 Å². The average Bonchev–Trinajstić information content (AvgIpc) is 3.25. The van der Waals surface area contributed by atoms with E-state index in [0.717, 1.165) is 34.7 Å². The lowest BCUT2D eigenvalue weighted by molar-refractivity contribution is 0.0959. The smallest absolute Gasteiger partial charge is 0.266 e. The first-order valence-corrected chi connectivity index (χ1v) is 10.5. The lowest BCUT2D eigenvalue weighted by Crippen LogP contribution is -2.16. The molecule has 0 aliphatic heterocycles. The maximum absolute atomic E-state index is 12.4. The Morgan fingerprint density at radius 1 is 1.25 bits per heavy atom. The highest BCUT2D eigenvalue weighted by atomic mass is 32.1. The van der Waals surface area contributed by atoms with Gasteiger partial charge in [-0.25, -0.2) is 5.43 Å². The van der Waals surface area contributed by atoms with Crippen LogP contribution < -0.4 is 5.43 Å². The number of nitrogens with zero attached hydrogens (tertiary/aromatic N) is 3. The fourth-order valence-electron chi connectivity index (χ4n) is 3.62. The van der Waals surface area contributed by atoms with Crippen molar-refractivity contribution in [3.05, 3.63) is 74.2 Å². The Hall–Kier alpha value is -2.73. The molecule has 3 aromatic rings. The molecule has 2 aromatic heterocycles. The molecule has 5 nitrogen and oxygen atoms in total. The Bertz CT molecular complexity index is 993. The first kappa shape index (κ1) is 18.6. The van der Waals surface area contributed by atoms with Gasteiger partial charge < -0.3 is 0 Å². The van der Waals surface area contributed by atoms with Crippen LogP contribution in [0.15, 0.2) is 41.5 Å². The van der Waals surface area contributed by atoms with Gasteiger partial charge in [-0.3, -0.25) is 9.48 Å². The van der Waals surface area contributed by atoms with E-state index in [-0.39, 0.29) is 5.91 Å². The second-order valence-electron chi connectivity index (χ2n) is 7.19. The van der Waals surface area contributed by atoms with Crippen molar-refractivity contribution in [3.8, 4) is 0 Å². The molecule has 0 saturated heterocycles. The topological polar surface area (TPSA) is 59.3 Å². The van der Waals surface area contributed by atoms with Crippen LogP contribution in [0, 0.1) is 13.8 Å². The van der Waals surface area contributed by atoms with E-state index >= 15 is 0 Å². The molecule has 0 saturated carbocycles. The van der Waals surface area contributed by atoms with Crippen molar-refractivity contribution in [2.45, 2.75) is 46.1 Å². The van der Waals surface area contributed by atoms with Crippen molar-refractivity contribution < 1.29 is 4.79 Å². The van der Waals surface area contributed by atoms with Crippen LogP contribution >= 0.6 is 11.3 Å². The number of aromatic nitrogens is 2. The fraction of sp³-hybridized carbons (Fsp3) is 0.318. The summed E-state index contributed by atoms with van der Waals surface area (Å²) in [5.41, 5.74) is 8.09. The Balaban J connectivity index is 1.44. The van der Waals surface area contributed by atoms with Crippen LogP contribution in [0.4, 0.5) is 0 Å². The largest absolute Gasteiger partial charge is 0.281 e. The highest BCUT2D eigenvalue weighted by Crippen LogP contribution is 2.29. The van der Waals surface area contributed by atoms with Gasteiger partial charge in [0.25, 0.3) is 5.91 Å². The first-order chi connectivity index (χ1) is 13.6. The molecular formula is C22H24N4OS. The normalized spacial score (nSPS) is 13.6. The number of amides is 1. The van der Waals surface area contributed by atoms with Gasteiger partial charge in [-0.15, -0.1) is 11.3 Å². The number of benzene rings is 1. The predicted octanol–water partition coefficient (Wildman–Crippen LogP) is 4.25. The summed E-state index contributed by atoms with van der Waals surface area (Å²) in [6.45, 7) is 4.71. The number of aryl methyl sites for hydroxylation is 3. The van der Waals surface area contributed by atoms with Crippen molar-refractivity contribution >= 4 is 23.5 Å². The zero-order valence-corrected chi connectivity index (χ0v) is 17.1. The minimum atomic E-state index is -0.136. The Morgan fingerprint density at radius 2 is 2.04 bits per heavy atom. The number of hydrogen-bond acceptors (Lipinski definition) is 4. The molecule has 0 unspecified atom stereocenters.